The highest BCUT2D eigenvalue weighted by molar-refractivity contribution is 7.99. The molecule has 38 heavy (non-hydrogen) atoms. The predicted octanol–water partition coefficient (Wildman–Crippen LogP) is 3.87. The second kappa shape index (κ2) is 12.2. The molecular formula is C26H31N5O5S2. The van der Waals surface area contributed by atoms with Gasteiger partial charge < -0.3 is 10.1 Å². The minimum Gasteiger partial charge on any atom is -0.379 e. The van der Waals surface area contributed by atoms with Crippen LogP contribution in [0, 0.1) is 0 Å². The summed E-state index contributed by atoms with van der Waals surface area (Å²) in [5.41, 5.74) is 1.70. The molecule has 1 saturated heterocycles. The summed E-state index contributed by atoms with van der Waals surface area (Å²) in [5.74, 6) is 0.307. The van der Waals surface area contributed by atoms with Crippen LogP contribution in [0.1, 0.15) is 43.6 Å². The Morgan fingerprint density at radius 3 is 2.55 bits per heavy atom. The zero-order valence-electron chi connectivity index (χ0n) is 21.6. The minimum atomic E-state index is -3.67. The zero-order valence-corrected chi connectivity index (χ0v) is 23.2. The fourth-order valence-corrected chi connectivity index (χ4v) is 6.32. The van der Waals surface area contributed by atoms with E-state index in [0.29, 0.717) is 54.1 Å². The minimum absolute atomic E-state index is 0.0114. The van der Waals surface area contributed by atoms with Gasteiger partial charge in [0.05, 0.1) is 23.9 Å². The van der Waals surface area contributed by atoms with Crippen LogP contribution in [-0.4, -0.2) is 71.2 Å². The summed E-state index contributed by atoms with van der Waals surface area (Å²) in [5, 5.41) is 12.1. The Morgan fingerprint density at radius 1 is 1.11 bits per heavy atom. The number of benzene rings is 2. The van der Waals surface area contributed by atoms with E-state index in [4.69, 9.17) is 4.74 Å². The highest BCUT2D eigenvalue weighted by atomic mass is 32.2. The number of amides is 1. The van der Waals surface area contributed by atoms with Gasteiger partial charge in [-0.2, -0.15) is 4.31 Å². The van der Waals surface area contributed by atoms with Crippen molar-refractivity contribution in [2.75, 3.05) is 37.4 Å². The Bertz CT molecular complexity index is 1420. The second-order valence-electron chi connectivity index (χ2n) is 8.95. The van der Waals surface area contributed by atoms with E-state index in [2.05, 4.69) is 15.5 Å². The molecule has 202 valence electrons. The van der Waals surface area contributed by atoms with Crippen molar-refractivity contribution in [3.8, 4) is 11.4 Å². The number of rotatable bonds is 10. The van der Waals surface area contributed by atoms with E-state index in [9.17, 15) is 18.0 Å². The van der Waals surface area contributed by atoms with Gasteiger partial charge >= 0.3 is 0 Å². The van der Waals surface area contributed by atoms with Crippen LogP contribution in [-0.2, 0) is 19.6 Å². The number of hydrogen-bond donors (Lipinski definition) is 1. The number of ketones is 1. The Kier molecular flexibility index (Phi) is 8.98. The monoisotopic (exact) mass is 557 g/mol. The van der Waals surface area contributed by atoms with Gasteiger partial charge in [0.25, 0.3) is 0 Å². The van der Waals surface area contributed by atoms with E-state index in [-0.39, 0.29) is 28.4 Å². The molecule has 3 aromatic rings. The van der Waals surface area contributed by atoms with Crippen LogP contribution in [0.15, 0.2) is 58.6 Å². The molecule has 1 N–H and O–H groups in total. The highest BCUT2D eigenvalue weighted by Gasteiger charge is 2.27. The lowest BCUT2D eigenvalue weighted by Gasteiger charge is -2.26. The topological polar surface area (TPSA) is 123 Å². The van der Waals surface area contributed by atoms with Crippen molar-refractivity contribution in [2.24, 2.45) is 0 Å². The quantitative estimate of drug-likeness (QED) is 0.294. The third-order valence-electron chi connectivity index (χ3n) is 6.28. The van der Waals surface area contributed by atoms with Gasteiger partial charge in [-0.1, -0.05) is 43.0 Å². The molecule has 0 radical (unpaired) electrons. The Hall–Kier alpha value is -3.06. The van der Waals surface area contributed by atoms with Crippen molar-refractivity contribution >= 4 is 39.2 Å². The molecule has 1 aliphatic rings. The molecule has 12 heteroatoms. The van der Waals surface area contributed by atoms with Crippen LogP contribution in [0.2, 0.25) is 0 Å². The van der Waals surface area contributed by atoms with Crippen molar-refractivity contribution < 1.29 is 22.7 Å². The molecule has 1 amide bonds. The Balaban J connectivity index is 1.55. The van der Waals surface area contributed by atoms with Gasteiger partial charge in [-0.15, -0.1) is 10.2 Å². The van der Waals surface area contributed by atoms with Crippen molar-refractivity contribution in [3.05, 3.63) is 54.1 Å². The highest BCUT2D eigenvalue weighted by Crippen LogP contribution is 2.31. The summed E-state index contributed by atoms with van der Waals surface area (Å²) < 4.78 is 35.1. The molecule has 10 nitrogen and oxygen atoms in total. The van der Waals surface area contributed by atoms with Crippen LogP contribution in [0.3, 0.4) is 0 Å². The maximum absolute atomic E-state index is 13.2. The third-order valence-corrected chi connectivity index (χ3v) is 9.12. The van der Waals surface area contributed by atoms with Crippen molar-refractivity contribution in [2.45, 2.75) is 43.3 Å². The summed E-state index contributed by atoms with van der Waals surface area (Å²) in [4.78, 5) is 24.5. The lowest BCUT2D eigenvalue weighted by molar-refractivity contribution is -0.113. The van der Waals surface area contributed by atoms with Crippen molar-refractivity contribution in [1.29, 1.82) is 0 Å². The van der Waals surface area contributed by atoms with Gasteiger partial charge in [0.2, 0.25) is 15.9 Å². The number of nitrogens with one attached hydrogen (secondary N) is 1. The lowest BCUT2D eigenvalue weighted by atomic mass is 10.1. The molecule has 1 fully saturated rings. The normalized spacial score (nSPS) is 15.2. The first kappa shape index (κ1) is 28.0. The van der Waals surface area contributed by atoms with Gasteiger partial charge in [0.15, 0.2) is 16.8 Å². The third kappa shape index (κ3) is 6.32. The van der Waals surface area contributed by atoms with Gasteiger partial charge in [0, 0.05) is 35.9 Å². The van der Waals surface area contributed by atoms with E-state index in [0.717, 1.165) is 6.42 Å². The van der Waals surface area contributed by atoms with Crippen molar-refractivity contribution in [1.82, 2.24) is 19.1 Å². The van der Waals surface area contributed by atoms with E-state index in [1.807, 2.05) is 24.5 Å². The SMILES string of the molecule is CC[C@H](C)n1c(SCC(=O)Nc2cccc(C(C)=O)c2)nnc1-c1cccc(S(=O)(=O)N2CCOCC2)c1. The first-order chi connectivity index (χ1) is 18.2. The van der Waals surface area contributed by atoms with Crippen molar-refractivity contribution in [3.63, 3.8) is 0 Å². The van der Waals surface area contributed by atoms with E-state index >= 15 is 0 Å². The summed E-state index contributed by atoms with van der Waals surface area (Å²) in [6.45, 7) is 6.92. The van der Waals surface area contributed by atoms with E-state index in [1.54, 1.807) is 42.5 Å². The maximum Gasteiger partial charge on any atom is 0.243 e. The average Bonchev–Trinajstić information content (AvgIpc) is 3.36. The number of aromatic nitrogens is 3. The molecule has 1 atom stereocenters. The fraction of sp³-hybridized carbons (Fsp3) is 0.385. The summed E-state index contributed by atoms with van der Waals surface area (Å²) in [7, 11) is -3.67. The van der Waals surface area contributed by atoms with Gasteiger partial charge in [-0.25, -0.2) is 8.42 Å². The number of hydrogen-bond acceptors (Lipinski definition) is 8. The first-order valence-electron chi connectivity index (χ1n) is 12.4. The van der Waals surface area contributed by atoms with Crippen LogP contribution >= 0.6 is 11.8 Å². The summed E-state index contributed by atoms with van der Waals surface area (Å²) >= 11 is 1.25. The summed E-state index contributed by atoms with van der Waals surface area (Å²) in [6, 6.07) is 13.5. The molecule has 1 aliphatic heterocycles. The maximum atomic E-state index is 13.2. The van der Waals surface area contributed by atoms with Crippen LogP contribution in [0.5, 0.6) is 0 Å². The average molecular weight is 558 g/mol. The summed E-state index contributed by atoms with van der Waals surface area (Å²) in [6.07, 6.45) is 0.786. The number of carbonyl (C=O) groups excluding carboxylic acids is 2. The van der Waals surface area contributed by atoms with Gasteiger partial charge in [0.1, 0.15) is 0 Å². The van der Waals surface area contributed by atoms with Gasteiger partial charge in [-0.05, 0) is 44.5 Å². The first-order valence-corrected chi connectivity index (χ1v) is 14.8. The predicted molar refractivity (Wildman–Crippen MR) is 146 cm³/mol. The van der Waals surface area contributed by atoms with E-state index in [1.165, 1.54) is 23.0 Å². The molecule has 0 aliphatic carbocycles. The molecule has 0 bridgehead atoms. The zero-order chi connectivity index (χ0) is 27.3. The number of nitrogens with zero attached hydrogens (tertiary/aromatic N) is 4. The molecule has 0 unspecified atom stereocenters. The molecule has 2 aromatic carbocycles. The molecular weight excluding hydrogens is 526 g/mol. The second-order valence-corrected chi connectivity index (χ2v) is 11.8. The number of thioether (sulfide) groups is 1. The van der Waals surface area contributed by atoms with E-state index < -0.39 is 10.0 Å². The molecule has 4 rings (SSSR count). The largest absolute Gasteiger partial charge is 0.379 e. The Labute approximate surface area is 226 Å². The molecule has 1 aromatic heterocycles. The molecule has 0 spiro atoms. The van der Waals surface area contributed by atoms with Crippen LogP contribution in [0.25, 0.3) is 11.4 Å². The molecule has 0 saturated carbocycles. The Morgan fingerprint density at radius 2 is 1.84 bits per heavy atom. The smallest absolute Gasteiger partial charge is 0.243 e. The number of Topliss-reactive ketones (excluding diaryl/α,β-unsaturated/α-hetero) is 1. The standard InChI is InChI=1S/C26H31N5O5S2/c1-4-18(2)31-25(21-8-6-10-23(16-21)38(34,35)30-11-13-36-14-12-30)28-29-26(31)37-17-24(33)27-22-9-5-7-20(15-22)19(3)32/h5-10,15-16,18H,4,11-14,17H2,1-3H3,(H,27,33)/t18-/m0/s1. The number of sulfonamides is 1. The fourth-order valence-electron chi connectivity index (χ4n) is 4.03. The lowest BCUT2D eigenvalue weighted by Crippen LogP contribution is -2.40. The van der Waals surface area contributed by atoms with Gasteiger partial charge in [-0.3, -0.25) is 14.2 Å². The number of carbonyl (C=O) groups is 2. The van der Waals surface area contributed by atoms with Crippen LogP contribution in [0.4, 0.5) is 5.69 Å². The number of anilines is 1. The number of morpholine rings is 1. The number of ether oxygens (including phenoxy) is 1. The van der Waals surface area contributed by atoms with Crippen LogP contribution < -0.4 is 5.32 Å². The molecule has 2 heterocycles.